The molecule has 0 atom stereocenters. The van der Waals surface area contributed by atoms with Gasteiger partial charge in [0.2, 0.25) is 0 Å². The normalized spacial score (nSPS) is 11.4. The van der Waals surface area contributed by atoms with Gasteiger partial charge in [-0.05, 0) is 6.26 Å². The number of rotatable bonds is 3. The quantitative estimate of drug-likeness (QED) is 0.721. The van der Waals surface area contributed by atoms with Crippen molar-refractivity contribution in [3.63, 3.8) is 0 Å². The summed E-state index contributed by atoms with van der Waals surface area (Å²) in [6.45, 7) is 8.40. The Morgan fingerprint density at radius 1 is 0.857 bits per heavy atom. The summed E-state index contributed by atoms with van der Waals surface area (Å²) in [6.07, 6.45) is 1.99. The maximum Gasteiger partial charge on any atom is 0.190 e. The van der Waals surface area contributed by atoms with Crippen LogP contribution in [0.2, 0.25) is 0 Å². The topological polar surface area (TPSA) is 38.7 Å². The number of aromatic nitrogens is 3. The minimum absolute atomic E-state index is 0.362. The molecule has 0 spiro atoms. The first-order chi connectivity index (χ1) is 6.54. The zero-order valence-electron chi connectivity index (χ0n) is 9.40. The van der Waals surface area contributed by atoms with Gasteiger partial charge in [0.15, 0.2) is 5.16 Å². The SMILES string of the molecule is CSc1nc(C(C)C)nc(C(C)C)n1. The Morgan fingerprint density at radius 2 is 1.29 bits per heavy atom. The molecule has 0 fully saturated rings. The van der Waals surface area contributed by atoms with Crippen molar-refractivity contribution < 1.29 is 0 Å². The van der Waals surface area contributed by atoms with E-state index in [1.807, 2.05) is 6.26 Å². The molecule has 0 aromatic carbocycles. The maximum atomic E-state index is 4.44. The Morgan fingerprint density at radius 3 is 1.57 bits per heavy atom. The van der Waals surface area contributed by atoms with Crippen molar-refractivity contribution in [2.24, 2.45) is 0 Å². The predicted molar refractivity (Wildman–Crippen MR) is 59.8 cm³/mol. The van der Waals surface area contributed by atoms with Crippen LogP contribution in [0.15, 0.2) is 5.16 Å². The Labute approximate surface area is 89.8 Å². The van der Waals surface area contributed by atoms with Gasteiger partial charge in [-0.1, -0.05) is 39.5 Å². The molecule has 1 heterocycles. The highest BCUT2D eigenvalue weighted by molar-refractivity contribution is 7.98. The molecule has 3 nitrogen and oxygen atoms in total. The highest BCUT2D eigenvalue weighted by Crippen LogP contribution is 2.17. The first kappa shape index (κ1) is 11.4. The number of hydrogen-bond donors (Lipinski definition) is 0. The lowest BCUT2D eigenvalue weighted by molar-refractivity contribution is 0.657. The molecule has 78 valence electrons. The van der Waals surface area contributed by atoms with Crippen LogP contribution in [0.1, 0.15) is 51.2 Å². The second kappa shape index (κ2) is 4.73. The third kappa shape index (κ3) is 2.67. The van der Waals surface area contributed by atoms with E-state index in [2.05, 4.69) is 42.6 Å². The average Bonchev–Trinajstić information content (AvgIpc) is 2.16. The molecule has 1 aromatic heterocycles. The minimum Gasteiger partial charge on any atom is -0.217 e. The number of thioether (sulfide) groups is 1. The van der Waals surface area contributed by atoms with E-state index in [1.54, 1.807) is 11.8 Å². The molecule has 0 aliphatic carbocycles. The van der Waals surface area contributed by atoms with Crippen molar-refractivity contribution in [3.8, 4) is 0 Å². The summed E-state index contributed by atoms with van der Waals surface area (Å²) in [4.78, 5) is 13.2. The summed E-state index contributed by atoms with van der Waals surface area (Å²) >= 11 is 1.57. The van der Waals surface area contributed by atoms with E-state index in [1.165, 1.54) is 0 Å². The molecule has 0 radical (unpaired) electrons. The molecular weight excluding hydrogens is 194 g/mol. The van der Waals surface area contributed by atoms with Crippen LogP contribution in [-0.2, 0) is 0 Å². The van der Waals surface area contributed by atoms with Gasteiger partial charge >= 0.3 is 0 Å². The minimum atomic E-state index is 0.362. The van der Waals surface area contributed by atoms with Gasteiger partial charge in [-0.2, -0.15) is 0 Å². The van der Waals surface area contributed by atoms with Crippen molar-refractivity contribution in [2.45, 2.75) is 44.7 Å². The van der Waals surface area contributed by atoms with E-state index in [9.17, 15) is 0 Å². The van der Waals surface area contributed by atoms with Crippen LogP contribution in [0.25, 0.3) is 0 Å². The molecular formula is C10H17N3S. The van der Waals surface area contributed by atoms with Gasteiger partial charge in [0, 0.05) is 11.8 Å². The van der Waals surface area contributed by atoms with Crippen molar-refractivity contribution in [1.82, 2.24) is 15.0 Å². The Kier molecular flexibility index (Phi) is 3.86. The van der Waals surface area contributed by atoms with Gasteiger partial charge < -0.3 is 0 Å². The lowest BCUT2D eigenvalue weighted by atomic mass is 10.2. The van der Waals surface area contributed by atoms with Gasteiger partial charge in [-0.3, -0.25) is 0 Å². The van der Waals surface area contributed by atoms with E-state index in [-0.39, 0.29) is 0 Å². The first-order valence-corrected chi connectivity index (χ1v) is 6.07. The van der Waals surface area contributed by atoms with Crippen LogP contribution >= 0.6 is 11.8 Å². The maximum absolute atomic E-state index is 4.44. The fourth-order valence-corrected chi connectivity index (χ4v) is 1.37. The summed E-state index contributed by atoms with van der Waals surface area (Å²) in [5.74, 6) is 2.52. The molecule has 4 heteroatoms. The fraction of sp³-hybridized carbons (Fsp3) is 0.700. The largest absolute Gasteiger partial charge is 0.217 e. The molecule has 1 rings (SSSR count). The van der Waals surface area contributed by atoms with Crippen LogP contribution in [0.5, 0.6) is 0 Å². The molecule has 0 aliphatic rings. The van der Waals surface area contributed by atoms with E-state index >= 15 is 0 Å². The van der Waals surface area contributed by atoms with Crippen molar-refractivity contribution in [2.75, 3.05) is 6.26 Å². The molecule has 1 aromatic rings. The molecule has 14 heavy (non-hydrogen) atoms. The van der Waals surface area contributed by atoms with Crippen LogP contribution in [0, 0.1) is 0 Å². The second-order valence-corrected chi connectivity index (χ2v) is 4.62. The molecule has 0 unspecified atom stereocenters. The van der Waals surface area contributed by atoms with Crippen LogP contribution in [0.4, 0.5) is 0 Å². The standard InChI is InChI=1S/C10H17N3S/c1-6(2)8-11-9(7(3)4)13-10(12-8)14-5/h6-7H,1-5H3. The fourth-order valence-electron chi connectivity index (χ4n) is 0.996. The Bertz CT molecular complexity index is 284. The average molecular weight is 211 g/mol. The molecule has 0 saturated heterocycles. The molecule has 0 saturated carbocycles. The van der Waals surface area contributed by atoms with Crippen LogP contribution < -0.4 is 0 Å². The van der Waals surface area contributed by atoms with Gasteiger partial charge in [0.1, 0.15) is 11.6 Å². The summed E-state index contributed by atoms with van der Waals surface area (Å²) in [5, 5.41) is 0.826. The zero-order valence-corrected chi connectivity index (χ0v) is 10.2. The monoisotopic (exact) mass is 211 g/mol. The summed E-state index contributed by atoms with van der Waals surface area (Å²) in [6, 6.07) is 0. The lowest BCUT2D eigenvalue weighted by Crippen LogP contribution is -2.07. The van der Waals surface area contributed by atoms with Gasteiger partial charge in [0.05, 0.1) is 0 Å². The second-order valence-electron chi connectivity index (χ2n) is 3.85. The third-order valence-corrected chi connectivity index (χ3v) is 2.41. The molecule has 0 aliphatic heterocycles. The van der Waals surface area contributed by atoms with Gasteiger partial charge in [-0.15, -0.1) is 0 Å². The van der Waals surface area contributed by atoms with E-state index in [4.69, 9.17) is 0 Å². The van der Waals surface area contributed by atoms with E-state index in [0.29, 0.717) is 11.8 Å². The first-order valence-electron chi connectivity index (χ1n) is 4.84. The van der Waals surface area contributed by atoms with E-state index in [0.717, 1.165) is 16.8 Å². The van der Waals surface area contributed by atoms with Gasteiger partial charge in [0.25, 0.3) is 0 Å². The summed E-state index contributed by atoms with van der Waals surface area (Å²) in [5.41, 5.74) is 0. The van der Waals surface area contributed by atoms with Crippen LogP contribution in [0.3, 0.4) is 0 Å². The third-order valence-electron chi connectivity index (χ3n) is 1.86. The molecule has 0 amide bonds. The van der Waals surface area contributed by atoms with Gasteiger partial charge in [-0.25, -0.2) is 15.0 Å². The summed E-state index contributed by atoms with van der Waals surface area (Å²) < 4.78 is 0. The Hall–Kier alpha value is -0.640. The van der Waals surface area contributed by atoms with Crippen molar-refractivity contribution >= 4 is 11.8 Å². The number of nitrogens with zero attached hydrogens (tertiary/aromatic N) is 3. The lowest BCUT2D eigenvalue weighted by Gasteiger charge is -2.09. The Balaban J connectivity index is 3.13. The highest BCUT2D eigenvalue weighted by atomic mass is 32.2. The molecule has 0 bridgehead atoms. The van der Waals surface area contributed by atoms with Crippen molar-refractivity contribution in [3.05, 3.63) is 11.6 Å². The van der Waals surface area contributed by atoms with Crippen molar-refractivity contribution in [1.29, 1.82) is 0 Å². The smallest absolute Gasteiger partial charge is 0.190 e. The highest BCUT2D eigenvalue weighted by Gasteiger charge is 2.10. The molecule has 0 N–H and O–H groups in total. The van der Waals surface area contributed by atoms with E-state index < -0.39 is 0 Å². The predicted octanol–water partition coefficient (Wildman–Crippen LogP) is 2.84. The van der Waals surface area contributed by atoms with Crippen LogP contribution in [-0.4, -0.2) is 21.2 Å². The summed E-state index contributed by atoms with van der Waals surface area (Å²) in [7, 11) is 0. The zero-order chi connectivity index (χ0) is 10.7. The number of hydrogen-bond acceptors (Lipinski definition) is 4.